The fraction of sp³-hybridized carbons (Fsp3) is 0.261. The van der Waals surface area contributed by atoms with Crippen molar-refractivity contribution >= 4 is 27.8 Å². The van der Waals surface area contributed by atoms with Gasteiger partial charge >= 0.3 is 0 Å². The van der Waals surface area contributed by atoms with E-state index in [4.69, 9.17) is 20.7 Å². The third-order valence-electron chi connectivity index (χ3n) is 5.11. The minimum atomic E-state index is 0.389. The molecule has 0 unspecified atom stereocenters. The van der Waals surface area contributed by atoms with Gasteiger partial charge in [-0.3, -0.25) is 0 Å². The van der Waals surface area contributed by atoms with Crippen LogP contribution in [0.2, 0.25) is 0 Å². The summed E-state index contributed by atoms with van der Waals surface area (Å²) in [6, 6.07) is 15.4. The van der Waals surface area contributed by atoms with E-state index in [0.29, 0.717) is 18.0 Å². The highest BCUT2D eigenvalue weighted by molar-refractivity contribution is 6.07. The van der Waals surface area contributed by atoms with Gasteiger partial charge in [0, 0.05) is 18.9 Å². The maximum Gasteiger partial charge on any atom is 0.152 e. The molecule has 0 radical (unpaired) electrons. The van der Waals surface area contributed by atoms with Gasteiger partial charge in [0.25, 0.3) is 0 Å². The van der Waals surface area contributed by atoms with Gasteiger partial charge in [-0.25, -0.2) is 9.97 Å². The molecule has 2 N–H and O–H groups in total. The van der Waals surface area contributed by atoms with Gasteiger partial charge < -0.3 is 15.0 Å². The van der Waals surface area contributed by atoms with Gasteiger partial charge in [-0.15, -0.1) is 0 Å². The first kappa shape index (κ1) is 18.8. The number of fused-ring (bicyclic) bond motifs is 3. The molecule has 2 aromatic carbocycles. The Balaban J connectivity index is 1.72. The summed E-state index contributed by atoms with van der Waals surface area (Å²) in [4.78, 5) is 9.28. The molecule has 0 aliphatic rings. The SMILES string of the molecule is CCCCc1nc2c(N)nc3ccc(OCc4cccc(C#N)c4)cc3c2n1C. The Morgan fingerprint density at radius 1 is 1.17 bits per heavy atom. The van der Waals surface area contributed by atoms with E-state index in [9.17, 15) is 0 Å². The summed E-state index contributed by atoms with van der Waals surface area (Å²) in [7, 11) is 2.03. The zero-order chi connectivity index (χ0) is 20.4. The largest absolute Gasteiger partial charge is 0.489 e. The van der Waals surface area contributed by atoms with E-state index in [1.807, 2.05) is 43.4 Å². The molecule has 0 saturated heterocycles. The number of unbranched alkanes of at least 4 members (excludes halogenated alkanes) is 1. The average Bonchev–Trinajstić information content (AvgIpc) is 3.08. The minimum absolute atomic E-state index is 0.389. The summed E-state index contributed by atoms with van der Waals surface area (Å²) in [5.41, 5.74) is 10.3. The van der Waals surface area contributed by atoms with E-state index < -0.39 is 0 Å². The number of benzene rings is 2. The van der Waals surface area contributed by atoms with E-state index in [2.05, 4.69) is 22.5 Å². The van der Waals surface area contributed by atoms with Crippen molar-refractivity contribution in [1.82, 2.24) is 14.5 Å². The lowest BCUT2D eigenvalue weighted by atomic mass is 10.1. The minimum Gasteiger partial charge on any atom is -0.489 e. The van der Waals surface area contributed by atoms with Crippen LogP contribution in [0, 0.1) is 11.3 Å². The number of nitrogens with two attached hydrogens (primary N) is 1. The van der Waals surface area contributed by atoms with Crippen molar-refractivity contribution < 1.29 is 4.74 Å². The zero-order valence-corrected chi connectivity index (χ0v) is 16.6. The highest BCUT2D eigenvalue weighted by atomic mass is 16.5. The van der Waals surface area contributed by atoms with Gasteiger partial charge in [0.2, 0.25) is 0 Å². The molecule has 146 valence electrons. The molecule has 0 aliphatic carbocycles. The maximum atomic E-state index is 9.05. The first-order valence-corrected chi connectivity index (χ1v) is 9.77. The number of aromatic nitrogens is 3. The Morgan fingerprint density at radius 2 is 2.03 bits per heavy atom. The van der Waals surface area contributed by atoms with E-state index in [1.54, 1.807) is 6.07 Å². The number of anilines is 1. The lowest BCUT2D eigenvalue weighted by Gasteiger charge is -2.09. The van der Waals surface area contributed by atoms with Gasteiger partial charge in [-0.2, -0.15) is 5.26 Å². The first-order valence-electron chi connectivity index (χ1n) is 9.77. The van der Waals surface area contributed by atoms with E-state index in [0.717, 1.165) is 58.3 Å². The topological polar surface area (TPSA) is 89.8 Å². The second-order valence-corrected chi connectivity index (χ2v) is 7.16. The van der Waals surface area contributed by atoms with Crippen LogP contribution >= 0.6 is 0 Å². The Morgan fingerprint density at radius 3 is 2.83 bits per heavy atom. The number of nitrogens with zero attached hydrogens (tertiary/aromatic N) is 4. The van der Waals surface area contributed by atoms with Crippen molar-refractivity contribution in [2.45, 2.75) is 32.8 Å². The van der Waals surface area contributed by atoms with Crippen LogP contribution in [-0.4, -0.2) is 14.5 Å². The summed E-state index contributed by atoms with van der Waals surface area (Å²) in [5.74, 6) is 2.21. The zero-order valence-electron chi connectivity index (χ0n) is 16.6. The number of aryl methyl sites for hydroxylation is 2. The van der Waals surface area contributed by atoms with Crippen LogP contribution in [0.25, 0.3) is 21.9 Å². The molecule has 0 spiro atoms. The summed E-state index contributed by atoms with van der Waals surface area (Å²) in [5, 5.41) is 10.0. The van der Waals surface area contributed by atoms with Crippen molar-refractivity contribution in [3.8, 4) is 11.8 Å². The normalized spacial score (nSPS) is 11.1. The molecule has 0 fully saturated rings. The number of hydrogen-bond donors (Lipinski definition) is 1. The van der Waals surface area contributed by atoms with E-state index in [-0.39, 0.29) is 0 Å². The molecule has 0 amide bonds. The Bertz CT molecular complexity index is 1240. The molecule has 29 heavy (non-hydrogen) atoms. The van der Waals surface area contributed by atoms with Crippen molar-refractivity contribution in [1.29, 1.82) is 5.26 Å². The van der Waals surface area contributed by atoms with Gasteiger partial charge in [0.1, 0.15) is 23.7 Å². The standard InChI is InChI=1S/C23H23N5O/c1-3-4-8-20-27-21-22(28(20)2)18-12-17(9-10-19(18)26-23(21)25)29-14-16-7-5-6-15(11-16)13-24/h5-7,9-12H,3-4,8,14H2,1-2H3,(H2,25,26). The monoisotopic (exact) mass is 385 g/mol. The van der Waals surface area contributed by atoms with E-state index in [1.165, 1.54) is 0 Å². The van der Waals surface area contributed by atoms with E-state index >= 15 is 0 Å². The molecule has 0 saturated carbocycles. The van der Waals surface area contributed by atoms with Crippen LogP contribution in [0.3, 0.4) is 0 Å². The number of hydrogen-bond acceptors (Lipinski definition) is 5. The number of imidazole rings is 1. The molecule has 0 aliphatic heterocycles. The predicted octanol–water partition coefficient (Wildman–Crippen LogP) is 4.50. The fourth-order valence-electron chi connectivity index (χ4n) is 3.56. The van der Waals surface area contributed by atoms with Gasteiger partial charge in [-0.1, -0.05) is 25.5 Å². The molecule has 4 aromatic rings. The Labute approximate surface area is 169 Å². The number of ether oxygens (including phenoxy) is 1. The summed E-state index contributed by atoms with van der Waals surface area (Å²) >= 11 is 0. The number of nitriles is 1. The van der Waals surface area contributed by atoms with Crippen LogP contribution in [0.5, 0.6) is 5.75 Å². The number of pyridine rings is 1. The van der Waals surface area contributed by atoms with Crippen molar-refractivity contribution in [3.05, 3.63) is 59.4 Å². The molecule has 2 aromatic heterocycles. The molecule has 0 bridgehead atoms. The molecule has 2 heterocycles. The van der Waals surface area contributed by atoms with Gasteiger partial charge in [0.15, 0.2) is 5.82 Å². The molecular formula is C23H23N5O. The summed E-state index contributed by atoms with van der Waals surface area (Å²) < 4.78 is 8.11. The van der Waals surface area contributed by atoms with Crippen molar-refractivity contribution in [2.24, 2.45) is 7.05 Å². The molecule has 0 atom stereocenters. The van der Waals surface area contributed by atoms with Crippen LogP contribution in [-0.2, 0) is 20.1 Å². The highest BCUT2D eigenvalue weighted by Crippen LogP contribution is 2.31. The van der Waals surface area contributed by atoms with Crippen LogP contribution in [0.15, 0.2) is 42.5 Å². The Hall–Kier alpha value is -3.59. The summed E-state index contributed by atoms with van der Waals surface area (Å²) in [6.07, 6.45) is 3.11. The smallest absolute Gasteiger partial charge is 0.152 e. The highest BCUT2D eigenvalue weighted by Gasteiger charge is 2.15. The average molecular weight is 385 g/mol. The van der Waals surface area contributed by atoms with Crippen LogP contribution in [0.1, 0.15) is 36.7 Å². The van der Waals surface area contributed by atoms with Crippen LogP contribution < -0.4 is 10.5 Å². The number of nitrogen functional groups attached to an aromatic ring is 1. The quantitative estimate of drug-likeness (QED) is 0.528. The number of rotatable bonds is 6. The molecule has 4 rings (SSSR count). The first-order chi connectivity index (χ1) is 14.1. The second-order valence-electron chi connectivity index (χ2n) is 7.16. The van der Waals surface area contributed by atoms with Crippen molar-refractivity contribution in [3.63, 3.8) is 0 Å². The predicted molar refractivity (Wildman–Crippen MR) is 115 cm³/mol. The third-order valence-corrected chi connectivity index (χ3v) is 5.11. The Kier molecular flexibility index (Phi) is 5.05. The summed E-state index contributed by atoms with van der Waals surface area (Å²) in [6.45, 7) is 2.56. The maximum absolute atomic E-state index is 9.05. The molecular weight excluding hydrogens is 362 g/mol. The van der Waals surface area contributed by atoms with Crippen molar-refractivity contribution in [2.75, 3.05) is 5.73 Å². The van der Waals surface area contributed by atoms with Crippen LogP contribution in [0.4, 0.5) is 5.82 Å². The third kappa shape index (κ3) is 3.59. The lowest BCUT2D eigenvalue weighted by molar-refractivity contribution is 0.306. The lowest BCUT2D eigenvalue weighted by Crippen LogP contribution is -1.99. The molecule has 6 heteroatoms. The fourth-order valence-corrected chi connectivity index (χ4v) is 3.56. The van der Waals surface area contributed by atoms with Gasteiger partial charge in [-0.05, 0) is 42.3 Å². The molecule has 6 nitrogen and oxygen atoms in total. The second kappa shape index (κ2) is 7.80. The van der Waals surface area contributed by atoms with Gasteiger partial charge in [0.05, 0.1) is 22.7 Å².